The molecule has 0 saturated carbocycles. The molecule has 74 valence electrons. The standard InChI is InChI=1S/C11H12FNO/c1-7(2)10-5-4-9(6-11(10)12)13-8(3)14/h4-6H,1H2,2-3H3,(H,13,14). The Morgan fingerprint density at radius 3 is 2.50 bits per heavy atom. The van der Waals surface area contributed by atoms with Crippen LogP contribution in [0.5, 0.6) is 0 Å². The first kappa shape index (κ1) is 10.4. The zero-order valence-electron chi connectivity index (χ0n) is 8.23. The number of amides is 1. The van der Waals surface area contributed by atoms with Crippen LogP contribution in [0.3, 0.4) is 0 Å². The Bertz CT molecular complexity index is 385. The molecule has 1 aromatic carbocycles. The van der Waals surface area contributed by atoms with E-state index in [0.717, 1.165) is 0 Å². The average molecular weight is 193 g/mol. The van der Waals surface area contributed by atoms with Crippen molar-refractivity contribution in [3.8, 4) is 0 Å². The topological polar surface area (TPSA) is 29.1 Å². The Balaban J connectivity index is 3.00. The van der Waals surface area contributed by atoms with Gasteiger partial charge < -0.3 is 5.32 Å². The maximum Gasteiger partial charge on any atom is 0.221 e. The smallest absolute Gasteiger partial charge is 0.221 e. The Labute approximate surface area is 82.4 Å². The molecule has 1 aromatic rings. The number of carbonyl (C=O) groups excluding carboxylic acids is 1. The molecule has 1 N–H and O–H groups in total. The lowest BCUT2D eigenvalue weighted by molar-refractivity contribution is -0.114. The van der Waals surface area contributed by atoms with Gasteiger partial charge in [0.2, 0.25) is 5.91 Å². The van der Waals surface area contributed by atoms with Crippen LogP contribution in [0.1, 0.15) is 19.4 Å². The molecule has 0 radical (unpaired) electrons. The van der Waals surface area contributed by atoms with Crippen molar-refractivity contribution >= 4 is 17.2 Å². The molecule has 0 saturated heterocycles. The minimum absolute atomic E-state index is 0.215. The summed E-state index contributed by atoms with van der Waals surface area (Å²) in [6.07, 6.45) is 0. The van der Waals surface area contributed by atoms with Gasteiger partial charge in [0.25, 0.3) is 0 Å². The Hall–Kier alpha value is -1.64. The first-order valence-electron chi connectivity index (χ1n) is 4.23. The molecule has 0 bridgehead atoms. The van der Waals surface area contributed by atoms with E-state index < -0.39 is 0 Å². The van der Waals surface area contributed by atoms with Crippen molar-refractivity contribution in [2.45, 2.75) is 13.8 Å². The van der Waals surface area contributed by atoms with E-state index in [1.54, 1.807) is 19.1 Å². The number of hydrogen-bond donors (Lipinski definition) is 1. The molecule has 0 heterocycles. The predicted octanol–water partition coefficient (Wildman–Crippen LogP) is 2.82. The molecule has 0 atom stereocenters. The molecule has 1 amide bonds. The summed E-state index contributed by atoms with van der Waals surface area (Å²) in [6, 6.07) is 4.53. The Morgan fingerprint density at radius 2 is 2.07 bits per heavy atom. The van der Waals surface area contributed by atoms with Crippen molar-refractivity contribution in [1.29, 1.82) is 0 Å². The number of nitrogens with one attached hydrogen (secondary N) is 1. The number of anilines is 1. The molecule has 0 aliphatic carbocycles. The van der Waals surface area contributed by atoms with E-state index in [-0.39, 0.29) is 11.7 Å². The van der Waals surface area contributed by atoms with Gasteiger partial charge in [0.15, 0.2) is 0 Å². The number of carbonyl (C=O) groups is 1. The molecular formula is C11H12FNO. The average Bonchev–Trinajstić information content (AvgIpc) is 2.01. The van der Waals surface area contributed by atoms with Crippen LogP contribution in [-0.4, -0.2) is 5.91 Å². The second-order valence-corrected chi connectivity index (χ2v) is 3.16. The molecule has 1 rings (SSSR count). The lowest BCUT2D eigenvalue weighted by atomic mass is 10.1. The van der Waals surface area contributed by atoms with Crippen LogP contribution in [-0.2, 0) is 4.79 Å². The lowest BCUT2D eigenvalue weighted by Gasteiger charge is -2.05. The van der Waals surface area contributed by atoms with Gasteiger partial charge in [0.1, 0.15) is 5.82 Å². The predicted molar refractivity (Wildman–Crippen MR) is 55.4 cm³/mol. The van der Waals surface area contributed by atoms with E-state index in [1.165, 1.54) is 13.0 Å². The van der Waals surface area contributed by atoms with Crippen LogP contribution in [0, 0.1) is 5.82 Å². The van der Waals surface area contributed by atoms with Crippen molar-refractivity contribution in [3.05, 3.63) is 36.2 Å². The van der Waals surface area contributed by atoms with Crippen LogP contribution in [0.15, 0.2) is 24.8 Å². The number of hydrogen-bond acceptors (Lipinski definition) is 1. The Morgan fingerprint density at radius 1 is 1.43 bits per heavy atom. The lowest BCUT2D eigenvalue weighted by Crippen LogP contribution is -2.06. The fraction of sp³-hybridized carbons (Fsp3) is 0.182. The largest absolute Gasteiger partial charge is 0.326 e. The Kier molecular flexibility index (Phi) is 3.02. The van der Waals surface area contributed by atoms with Gasteiger partial charge in [-0.3, -0.25) is 4.79 Å². The first-order chi connectivity index (χ1) is 6.50. The van der Waals surface area contributed by atoms with Gasteiger partial charge in [-0.15, -0.1) is 0 Å². The summed E-state index contributed by atoms with van der Waals surface area (Å²) in [5.41, 5.74) is 1.59. The summed E-state index contributed by atoms with van der Waals surface area (Å²) in [5.74, 6) is -0.587. The second kappa shape index (κ2) is 4.05. The third-order valence-electron chi connectivity index (χ3n) is 1.75. The number of halogens is 1. The monoisotopic (exact) mass is 193 g/mol. The third kappa shape index (κ3) is 2.42. The van der Waals surface area contributed by atoms with Gasteiger partial charge in [-0.05, 0) is 30.7 Å². The number of benzene rings is 1. The summed E-state index contributed by atoms with van der Waals surface area (Å²) >= 11 is 0. The highest BCUT2D eigenvalue weighted by Crippen LogP contribution is 2.19. The van der Waals surface area contributed by atoms with Crippen molar-refractivity contribution in [2.75, 3.05) is 5.32 Å². The summed E-state index contributed by atoms with van der Waals surface area (Å²) in [5, 5.41) is 2.50. The minimum Gasteiger partial charge on any atom is -0.326 e. The van der Waals surface area contributed by atoms with Crippen molar-refractivity contribution in [1.82, 2.24) is 0 Å². The highest BCUT2D eigenvalue weighted by molar-refractivity contribution is 5.88. The van der Waals surface area contributed by atoms with E-state index in [9.17, 15) is 9.18 Å². The van der Waals surface area contributed by atoms with Gasteiger partial charge in [0, 0.05) is 18.2 Å². The van der Waals surface area contributed by atoms with Gasteiger partial charge in [-0.25, -0.2) is 4.39 Å². The van der Waals surface area contributed by atoms with Gasteiger partial charge >= 0.3 is 0 Å². The maximum absolute atomic E-state index is 13.3. The molecule has 0 unspecified atom stereocenters. The highest BCUT2D eigenvalue weighted by Gasteiger charge is 2.04. The number of allylic oxidation sites excluding steroid dienone is 1. The fourth-order valence-electron chi connectivity index (χ4n) is 1.14. The van der Waals surface area contributed by atoms with Crippen LogP contribution < -0.4 is 5.32 Å². The van der Waals surface area contributed by atoms with Crippen LogP contribution in [0.4, 0.5) is 10.1 Å². The normalized spacial score (nSPS) is 9.64. The van der Waals surface area contributed by atoms with Crippen LogP contribution in [0.25, 0.3) is 5.57 Å². The SMILES string of the molecule is C=C(C)c1ccc(NC(C)=O)cc1F. The van der Waals surface area contributed by atoms with Crippen LogP contribution in [0.2, 0.25) is 0 Å². The molecule has 0 fully saturated rings. The van der Waals surface area contributed by atoms with Crippen molar-refractivity contribution in [3.63, 3.8) is 0 Å². The summed E-state index contributed by atoms with van der Waals surface area (Å²) in [6.45, 7) is 6.76. The van der Waals surface area contributed by atoms with Gasteiger partial charge in [0.05, 0.1) is 0 Å². The fourth-order valence-corrected chi connectivity index (χ4v) is 1.14. The van der Waals surface area contributed by atoms with E-state index in [0.29, 0.717) is 16.8 Å². The van der Waals surface area contributed by atoms with Crippen molar-refractivity contribution < 1.29 is 9.18 Å². The molecule has 0 spiro atoms. The van der Waals surface area contributed by atoms with Gasteiger partial charge in [-0.1, -0.05) is 6.58 Å². The van der Waals surface area contributed by atoms with Crippen LogP contribution >= 0.6 is 0 Å². The summed E-state index contributed by atoms with van der Waals surface area (Å²) in [4.78, 5) is 10.7. The molecule has 2 nitrogen and oxygen atoms in total. The molecule has 3 heteroatoms. The maximum atomic E-state index is 13.3. The molecule has 14 heavy (non-hydrogen) atoms. The summed E-state index contributed by atoms with van der Waals surface area (Å²) < 4.78 is 13.3. The second-order valence-electron chi connectivity index (χ2n) is 3.16. The van der Waals surface area contributed by atoms with E-state index in [1.807, 2.05) is 0 Å². The molecule has 0 aliphatic heterocycles. The zero-order valence-corrected chi connectivity index (χ0v) is 8.23. The minimum atomic E-state index is -0.372. The van der Waals surface area contributed by atoms with Crippen molar-refractivity contribution in [2.24, 2.45) is 0 Å². The molecule has 0 aromatic heterocycles. The highest BCUT2D eigenvalue weighted by atomic mass is 19.1. The van der Waals surface area contributed by atoms with E-state index in [4.69, 9.17) is 0 Å². The molecular weight excluding hydrogens is 181 g/mol. The first-order valence-corrected chi connectivity index (χ1v) is 4.23. The summed E-state index contributed by atoms with van der Waals surface area (Å²) in [7, 11) is 0. The van der Waals surface area contributed by atoms with E-state index >= 15 is 0 Å². The third-order valence-corrected chi connectivity index (χ3v) is 1.75. The number of rotatable bonds is 2. The quantitative estimate of drug-likeness (QED) is 0.768. The zero-order chi connectivity index (χ0) is 10.7. The molecule has 0 aliphatic rings. The van der Waals surface area contributed by atoms with Gasteiger partial charge in [-0.2, -0.15) is 0 Å². The van der Waals surface area contributed by atoms with E-state index in [2.05, 4.69) is 11.9 Å².